The summed E-state index contributed by atoms with van der Waals surface area (Å²) in [6.45, 7) is 4.71. The Kier molecular flexibility index (Phi) is 6.76. The van der Waals surface area contributed by atoms with Crippen molar-refractivity contribution in [2.24, 2.45) is 5.41 Å². The zero-order chi connectivity index (χ0) is 14.3. The van der Waals surface area contributed by atoms with Crippen LogP contribution in [-0.4, -0.2) is 11.9 Å². The Morgan fingerprint density at radius 3 is 2.26 bits per heavy atom. The van der Waals surface area contributed by atoms with E-state index in [-0.39, 0.29) is 11.2 Å². The molecule has 1 aromatic carbocycles. The van der Waals surface area contributed by atoms with E-state index in [1.54, 1.807) is 0 Å². The first-order chi connectivity index (χ1) is 9.06. The van der Waals surface area contributed by atoms with E-state index in [1.165, 1.54) is 12.1 Å². The van der Waals surface area contributed by atoms with Crippen molar-refractivity contribution in [1.82, 2.24) is 0 Å². The van der Waals surface area contributed by atoms with Gasteiger partial charge in [0.25, 0.3) is 0 Å². The Morgan fingerprint density at radius 2 is 1.79 bits per heavy atom. The van der Waals surface area contributed by atoms with Crippen molar-refractivity contribution in [1.29, 1.82) is 0 Å². The molecule has 19 heavy (non-hydrogen) atoms. The lowest BCUT2D eigenvalue weighted by Gasteiger charge is -2.31. The minimum atomic E-state index is -0.642. The molecule has 0 atom stereocenters. The summed E-state index contributed by atoms with van der Waals surface area (Å²) < 4.78 is 31.9. The van der Waals surface area contributed by atoms with Gasteiger partial charge in [0, 0.05) is 16.8 Å². The standard InChI is InChI=1S/C15H21BrF2O/c1-3-7-15(10-16,8-4-2)11-19-14-6-5-12(17)9-13(14)18/h5-6,9H,3-4,7-8,10-11H2,1-2H3. The summed E-state index contributed by atoms with van der Waals surface area (Å²) in [5.41, 5.74) is 0.0182. The predicted molar refractivity (Wildman–Crippen MR) is 77.9 cm³/mol. The minimum absolute atomic E-state index is 0.0182. The average Bonchev–Trinajstić information content (AvgIpc) is 2.38. The maximum absolute atomic E-state index is 13.5. The Bertz CT molecular complexity index is 390. The summed E-state index contributed by atoms with van der Waals surface area (Å²) in [5, 5.41) is 0.824. The monoisotopic (exact) mass is 334 g/mol. The number of hydrogen-bond acceptors (Lipinski definition) is 1. The molecule has 1 nitrogen and oxygen atoms in total. The molecule has 0 N–H and O–H groups in total. The Labute approximate surface area is 122 Å². The minimum Gasteiger partial charge on any atom is -0.490 e. The first kappa shape index (κ1) is 16.4. The second kappa shape index (κ2) is 7.83. The van der Waals surface area contributed by atoms with Crippen LogP contribution in [0, 0.1) is 17.0 Å². The lowest BCUT2D eigenvalue weighted by molar-refractivity contribution is 0.140. The van der Waals surface area contributed by atoms with Crippen LogP contribution in [0.5, 0.6) is 5.75 Å². The van der Waals surface area contributed by atoms with Gasteiger partial charge < -0.3 is 4.74 Å². The van der Waals surface area contributed by atoms with Gasteiger partial charge in [-0.2, -0.15) is 0 Å². The van der Waals surface area contributed by atoms with Gasteiger partial charge >= 0.3 is 0 Å². The topological polar surface area (TPSA) is 9.23 Å². The zero-order valence-electron chi connectivity index (χ0n) is 11.5. The highest BCUT2D eigenvalue weighted by molar-refractivity contribution is 9.09. The van der Waals surface area contributed by atoms with Crippen LogP contribution in [0.15, 0.2) is 18.2 Å². The molecule has 0 aliphatic heterocycles. The molecule has 0 spiro atoms. The van der Waals surface area contributed by atoms with Crippen LogP contribution in [-0.2, 0) is 0 Å². The maximum Gasteiger partial charge on any atom is 0.167 e. The highest BCUT2D eigenvalue weighted by atomic mass is 79.9. The molecule has 0 fully saturated rings. The number of ether oxygens (including phenoxy) is 1. The van der Waals surface area contributed by atoms with Gasteiger partial charge in [-0.25, -0.2) is 8.78 Å². The molecule has 0 aliphatic carbocycles. The number of halogens is 3. The maximum atomic E-state index is 13.5. The Balaban J connectivity index is 2.74. The zero-order valence-corrected chi connectivity index (χ0v) is 13.1. The molecule has 0 heterocycles. The van der Waals surface area contributed by atoms with Crippen LogP contribution in [0.3, 0.4) is 0 Å². The van der Waals surface area contributed by atoms with Crippen LogP contribution < -0.4 is 4.74 Å². The first-order valence-electron chi connectivity index (χ1n) is 6.70. The second-order valence-electron chi connectivity index (χ2n) is 5.00. The molecule has 0 amide bonds. The molecular formula is C15H21BrF2O. The fraction of sp³-hybridized carbons (Fsp3) is 0.600. The van der Waals surface area contributed by atoms with Gasteiger partial charge in [-0.15, -0.1) is 0 Å². The summed E-state index contributed by atoms with van der Waals surface area (Å²) >= 11 is 3.54. The summed E-state index contributed by atoms with van der Waals surface area (Å²) in [4.78, 5) is 0. The van der Waals surface area contributed by atoms with Gasteiger partial charge in [0.05, 0.1) is 6.61 Å². The van der Waals surface area contributed by atoms with Crippen LogP contribution in [0.2, 0.25) is 0 Å². The Morgan fingerprint density at radius 1 is 1.16 bits per heavy atom. The van der Waals surface area contributed by atoms with Crippen molar-refractivity contribution in [2.45, 2.75) is 39.5 Å². The number of rotatable bonds is 8. The smallest absolute Gasteiger partial charge is 0.167 e. The highest BCUT2D eigenvalue weighted by Crippen LogP contribution is 2.33. The van der Waals surface area contributed by atoms with E-state index in [0.29, 0.717) is 6.61 Å². The number of hydrogen-bond donors (Lipinski definition) is 0. The van der Waals surface area contributed by atoms with Gasteiger partial charge in [0.2, 0.25) is 0 Å². The van der Waals surface area contributed by atoms with Crippen LogP contribution in [0.25, 0.3) is 0 Å². The second-order valence-corrected chi connectivity index (χ2v) is 5.56. The van der Waals surface area contributed by atoms with Crippen molar-refractivity contribution in [2.75, 3.05) is 11.9 Å². The molecule has 4 heteroatoms. The molecule has 0 saturated carbocycles. The Hall–Kier alpha value is -0.640. The fourth-order valence-corrected chi connectivity index (χ4v) is 3.05. The third kappa shape index (κ3) is 4.75. The summed E-state index contributed by atoms with van der Waals surface area (Å²) in [6.07, 6.45) is 4.16. The van der Waals surface area contributed by atoms with E-state index in [2.05, 4.69) is 29.8 Å². The van der Waals surface area contributed by atoms with Crippen molar-refractivity contribution in [3.63, 3.8) is 0 Å². The van der Waals surface area contributed by atoms with E-state index in [4.69, 9.17) is 4.74 Å². The lowest BCUT2D eigenvalue weighted by atomic mass is 9.82. The van der Waals surface area contributed by atoms with Crippen LogP contribution in [0.1, 0.15) is 39.5 Å². The van der Waals surface area contributed by atoms with E-state index in [0.717, 1.165) is 37.1 Å². The highest BCUT2D eigenvalue weighted by Gasteiger charge is 2.28. The predicted octanol–water partition coefficient (Wildman–Crippen LogP) is 5.33. The van der Waals surface area contributed by atoms with E-state index < -0.39 is 11.6 Å². The fourth-order valence-electron chi connectivity index (χ4n) is 2.33. The van der Waals surface area contributed by atoms with Gasteiger partial charge in [-0.05, 0) is 25.0 Å². The normalized spacial score (nSPS) is 11.6. The summed E-state index contributed by atoms with van der Waals surface area (Å²) in [7, 11) is 0. The molecule has 0 aliphatic rings. The molecule has 1 rings (SSSR count). The van der Waals surface area contributed by atoms with Crippen molar-refractivity contribution < 1.29 is 13.5 Å². The molecule has 0 radical (unpaired) electrons. The van der Waals surface area contributed by atoms with Crippen molar-refractivity contribution in [3.05, 3.63) is 29.8 Å². The summed E-state index contributed by atoms with van der Waals surface area (Å²) in [6, 6.07) is 3.42. The third-order valence-electron chi connectivity index (χ3n) is 3.27. The molecule has 1 aromatic rings. The SMILES string of the molecule is CCCC(CBr)(CCC)COc1ccc(F)cc1F. The quantitative estimate of drug-likeness (QED) is 0.584. The average molecular weight is 335 g/mol. The first-order valence-corrected chi connectivity index (χ1v) is 7.83. The lowest BCUT2D eigenvalue weighted by Crippen LogP contribution is -2.30. The van der Waals surface area contributed by atoms with Gasteiger partial charge in [0.1, 0.15) is 5.82 Å². The van der Waals surface area contributed by atoms with Crippen molar-refractivity contribution in [3.8, 4) is 5.75 Å². The molecular weight excluding hydrogens is 314 g/mol. The molecule has 0 unspecified atom stereocenters. The number of alkyl halides is 1. The van der Waals surface area contributed by atoms with Crippen molar-refractivity contribution >= 4 is 15.9 Å². The van der Waals surface area contributed by atoms with E-state index in [1.807, 2.05) is 0 Å². The largest absolute Gasteiger partial charge is 0.490 e. The van der Waals surface area contributed by atoms with Gasteiger partial charge in [-0.1, -0.05) is 42.6 Å². The van der Waals surface area contributed by atoms with Gasteiger partial charge in [0.15, 0.2) is 11.6 Å². The van der Waals surface area contributed by atoms with Crippen LogP contribution >= 0.6 is 15.9 Å². The molecule has 0 saturated heterocycles. The van der Waals surface area contributed by atoms with E-state index in [9.17, 15) is 8.78 Å². The number of benzene rings is 1. The molecule has 0 bridgehead atoms. The van der Waals surface area contributed by atoms with E-state index >= 15 is 0 Å². The molecule has 108 valence electrons. The third-order valence-corrected chi connectivity index (χ3v) is 4.46. The molecule has 0 aromatic heterocycles. The van der Waals surface area contributed by atoms with Gasteiger partial charge in [-0.3, -0.25) is 0 Å². The summed E-state index contributed by atoms with van der Waals surface area (Å²) in [5.74, 6) is -1.10. The van der Waals surface area contributed by atoms with Crippen LogP contribution in [0.4, 0.5) is 8.78 Å².